The predicted octanol–water partition coefficient (Wildman–Crippen LogP) is 1.95. The molecule has 0 N–H and O–H groups in total. The average molecular weight is 192 g/mol. The third-order valence-corrected chi connectivity index (χ3v) is 2.47. The third kappa shape index (κ3) is 2.56. The lowest BCUT2D eigenvalue weighted by molar-refractivity contribution is -0.0872. The van der Waals surface area contributed by atoms with E-state index in [1.807, 2.05) is 0 Å². The second-order valence-electron chi connectivity index (χ2n) is 3.76. The van der Waals surface area contributed by atoms with Crippen LogP contribution < -0.4 is 0 Å². The third-order valence-electron chi connectivity index (χ3n) is 2.47. The minimum absolute atomic E-state index is 0.242. The molecule has 1 atom stereocenters. The van der Waals surface area contributed by atoms with Gasteiger partial charge in [0.1, 0.15) is 0 Å². The van der Waals surface area contributed by atoms with Gasteiger partial charge in [-0.05, 0) is 12.5 Å². The summed E-state index contributed by atoms with van der Waals surface area (Å²) in [5.74, 6) is 0. The second-order valence-corrected chi connectivity index (χ2v) is 3.76. The second kappa shape index (κ2) is 4.58. The lowest BCUT2D eigenvalue weighted by atomic mass is 10.1. The summed E-state index contributed by atoms with van der Waals surface area (Å²) in [5.41, 5.74) is 2.63. The van der Waals surface area contributed by atoms with Crippen LogP contribution in [0.15, 0.2) is 24.3 Å². The SMILES string of the molecule is Cc1ccc(CC2COCCO2)cc1. The highest BCUT2D eigenvalue weighted by atomic mass is 16.6. The number of hydrogen-bond acceptors (Lipinski definition) is 2. The zero-order chi connectivity index (χ0) is 9.80. The number of hydrogen-bond donors (Lipinski definition) is 0. The van der Waals surface area contributed by atoms with E-state index in [0.29, 0.717) is 0 Å². The van der Waals surface area contributed by atoms with Crippen LogP contribution in [0.5, 0.6) is 0 Å². The zero-order valence-corrected chi connectivity index (χ0v) is 8.53. The Morgan fingerprint density at radius 3 is 2.64 bits per heavy atom. The fraction of sp³-hybridized carbons (Fsp3) is 0.500. The average Bonchev–Trinajstić information content (AvgIpc) is 2.23. The van der Waals surface area contributed by atoms with Crippen molar-refractivity contribution < 1.29 is 9.47 Å². The molecule has 1 aliphatic heterocycles. The van der Waals surface area contributed by atoms with Crippen molar-refractivity contribution in [1.29, 1.82) is 0 Å². The molecule has 2 heteroatoms. The summed E-state index contributed by atoms with van der Waals surface area (Å²) in [5, 5.41) is 0. The number of ether oxygens (including phenoxy) is 2. The molecule has 76 valence electrons. The van der Waals surface area contributed by atoms with Crippen LogP contribution in [-0.4, -0.2) is 25.9 Å². The van der Waals surface area contributed by atoms with E-state index in [1.165, 1.54) is 11.1 Å². The minimum Gasteiger partial charge on any atom is -0.376 e. The van der Waals surface area contributed by atoms with Crippen molar-refractivity contribution in [3.8, 4) is 0 Å². The summed E-state index contributed by atoms with van der Waals surface area (Å²) in [6, 6.07) is 8.60. The van der Waals surface area contributed by atoms with E-state index in [4.69, 9.17) is 9.47 Å². The Kier molecular flexibility index (Phi) is 3.17. The number of benzene rings is 1. The van der Waals surface area contributed by atoms with E-state index < -0.39 is 0 Å². The monoisotopic (exact) mass is 192 g/mol. The molecule has 1 aromatic rings. The van der Waals surface area contributed by atoms with Gasteiger partial charge in [0.05, 0.1) is 25.9 Å². The summed E-state index contributed by atoms with van der Waals surface area (Å²) in [6.07, 6.45) is 1.20. The smallest absolute Gasteiger partial charge is 0.0849 e. The number of aryl methyl sites for hydroxylation is 1. The van der Waals surface area contributed by atoms with Crippen LogP contribution in [0.25, 0.3) is 0 Å². The molecule has 1 aromatic carbocycles. The van der Waals surface area contributed by atoms with Crippen molar-refractivity contribution in [2.24, 2.45) is 0 Å². The van der Waals surface area contributed by atoms with Gasteiger partial charge >= 0.3 is 0 Å². The molecular formula is C12H16O2. The van der Waals surface area contributed by atoms with Crippen LogP contribution in [0.4, 0.5) is 0 Å². The molecule has 2 rings (SSSR count). The Morgan fingerprint density at radius 1 is 1.21 bits per heavy atom. The van der Waals surface area contributed by atoms with Crippen LogP contribution in [0.2, 0.25) is 0 Å². The minimum atomic E-state index is 0.242. The largest absolute Gasteiger partial charge is 0.376 e. The van der Waals surface area contributed by atoms with Crippen molar-refractivity contribution in [2.45, 2.75) is 19.4 Å². The highest BCUT2D eigenvalue weighted by Crippen LogP contribution is 2.10. The summed E-state index contributed by atoms with van der Waals surface area (Å²) in [4.78, 5) is 0. The molecule has 0 aliphatic carbocycles. The van der Waals surface area contributed by atoms with E-state index in [0.717, 1.165) is 26.2 Å². The van der Waals surface area contributed by atoms with Gasteiger partial charge in [-0.3, -0.25) is 0 Å². The maximum Gasteiger partial charge on any atom is 0.0849 e. The van der Waals surface area contributed by atoms with Crippen molar-refractivity contribution in [3.63, 3.8) is 0 Å². The van der Waals surface area contributed by atoms with Crippen LogP contribution in [-0.2, 0) is 15.9 Å². The van der Waals surface area contributed by atoms with Crippen LogP contribution in [0, 0.1) is 6.92 Å². The van der Waals surface area contributed by atoms with Gasteiger partial charge in [-0.1, -0.05) is 29.8 Å². The van der Waals surface area contributed by atoms with Gasteiger partial charge in [-0.15, -0.1) is 0 Å². The fourth-order valence-electron chi connectivity index (χ4n) is 1.64. The van der Waals surface area contributed by atoms with Gasteiger partial charge in [-0.25, -0.2) is 0 Å². The molecule has 14 heavy (non-hydrogen) atoms. The molecule has 0 aromatic heterocycles. The highest BCUT2D eigenvalue weighted by Gasteiger charge is 2.14. The molecule has 0 amide bonds. The molecule has 1 saturated heterocycles. The topological polar surface area (TPSA) is 18.5 Å². The van der Waals surface area contributed by atoms with Gasteiger partial charge in [-0.2, -0.15) is 0 Å². The molecular weight excluding hydrogens is 176 g/mol. The van der Waals surface area contributed by atoms with E-state index in [2.05, 4.69) is 31.2 Å². The molecule has 2 nitrogen and oxygen atoms in total. The van der Waals surface area contributed by atoms with E-state index in [1.54, 1.807) is 0 Å². The standard InChI is InChI=1S/C12H16O2/c1-10-2-4-11(5-3-10)8-12-9-13-6-7-14-12/h2-5,12H,6-9H2,1H3. The van der Waals surface area contributed by atoms with Crippen molar-refractivity contribution in [1.82, 2.24) is 0 Å². The van der Waals surface area contributed by atoms with Crippen molar-refractivity contribution in [2.75, 3.05) is 19.8 Å². The Bertz CT molecular complexity index is 273. The van der Waals surface area contributed by atoms with Gasteiger partial charge in [0.25, 0.3) is 0 Å². The molecule has 0 saturated carbocycles. The summed E-state index contributed by atoms with van der Waals surface area (Å²) in [6.45, 7) is 4.30. The zero-order valence-electron chi connectivity index (χ0n) is 8.53. The highest BCUT2D eigenvalue weighted by molar-refractivity contribution is 5.21. The number of rotatable bonds is 2. The lowest BCUT2D eigenvalue weighted by Gasteiger charge is -2.22. The Balaban J connectivity index is 1.92. The predicted molar refractivity (Wildman–Crippen MR) is 55.4 cm³/mol. The first-order chi connectivity index (χ1) is 6.84. The van der Waals surface area contributed by atoms with Gasteiger partial charge in [0.2, 0.25) is 0 Å². The molecule has 1 unspecified atom stereocenters. The van der Waals surface area contributed by atoms with Crippen LogP contribution >= 0.6 is 0 Å². The normalized spacial score (nSPS) is 22.2. The van der Waals surface area contributed by atoms with Crippen LogP contribution in [0.1, 0.15) is 11.1 Å². The quantitative estimate of drug-likeness (QED) is 0.713. The maximum absolute atomic E-state index is 5.59. The van der Waals surface area contributed by atoms with Crippen LogP contribution in [0.3, 0.4) is 0 Å². The van der Waals surface area contributed by atoms with Gasteiger partial charge in [0.15, 0.2) is 0 Å². The molecule has 0 bridgehead atoms. The lowest BCUT2D eigenvalue weighted by Crippen LogP contribution is -2.30. The van der Waals surface area contributed by atoms with Gasteiger partial charge < -0.3 is 9.47 Å². The Hall–Kier alpha value is -0.860. The van der Waals surface area contributed by atoms with Crippen molar-refractivity contribution in [3.05, 3.63) is 35.4 Å². The Morgan fingerprint density at radius 2 is 2.00 bits per heavy atom. The first-order valence-electron chi connectivity index (χ1n) is 5.09. The van der Waals surface area contributed by atoms with E-state index >= 15 is 0 Å². The molecule has 1 aliphatic rings. The molecule has 0 spiro atoms. The molecule has 1 heterocycles. The first-order valence-corrected chi connectivity index (χ1v) is 5.09. The van der Waals surface area contributed by atoms with E-state index in [-0.39, 0.29) is 6.10 Å². The van der Waals surface area contributed by atoms with E-state index in [9.17, 15) is 0 Å². The summed E-state index contributed by atoms with van der Waals surface area (Å²) >= 11 is 0. The fourth-order valence-corrected chi connectivity index (χ4v) is 1.64. The van der Waals surface area contributed by atoms with Crippen molar-refractivity contribution >= 4 is 0 Å². The summed E-state index contributed by atoms with van der Waals surface area (Å²) < 4.78 is 10.9. The molecule has 1 fully saturated rings. The Labute approximate surface area is 84.8 Å². The maximum atomic E-state index is 5.59. The first kappa shape index (κ1) is 9.69. The molecule has 0 radical (unpaired) electrons. The van der Waals surface area contributed by atoms with Gasteiger partial charge in [0, 0.05) is 6.42 Å². The summed E-state index contributed by atoms with van der Waals surface area (Å²) in [7, 11) is 0.